The van der Waals surface area contributed by atoms with Crippen LogP contribution in [0.3, 0.4) is 0 Å². The summed E-state index contributed by atoms with van der Waals surface area (Å²) in [6.45, 7) is 5.52. The molecule has 0 amide bonds. The molecule has 0 aliphatic carbocycles. The lowest BCUT2D eigenvalue weighted by Crippen LogP contribution is -2.27. The van der Waals surface area contributed by atoms with Crippen LogP contribution < -0.4 is 0 Å². The summed E-state index contributed by atoms with van der Waals surface area (Å²) in [6, 6.07) is 1.44. The summed E-state index contributed by atoms with van der Waals surface area (Å²) in [7, 11) is 1.57. The third-order valence-corrected chi connectivity index (χ3v) is 2.67. The Labute approximate surface area is 94.5 Å². The van der Waals surface area contributed by atoms with Gasteiger partial charge in [-0.25, -0.2) is 14.8 Å². The van der Waals surface area contributed by atoms with Crippen LogP contribution in [-0.4, -0.2) is 28.2 Å². The number of rotatable bonds is 4. The highest BCUT2D eigenvalue weighted by Crippen LogP contribution is 2.25. The number of hydrogen-bond donors (Lipinski definition) is 1. The molecule has 1 rings (SSSR count). The minimum atomic E-state index is -1.05. The second-order valence-corrected chi connectivity index (χ2v) is 3.81. The Morgan fingerprint density at radius 2 is 2.19 bits per heavy atom. The molecular weight excluding hydrogens is 208 g/mol. The van der Waals surface area contributed by atoms with Crippen molar-refractivity contribution in [1.82, 2.24) is 9.97 Å². The average molecular weight is 224 g/mol. The zero-order valence-electron chi connectivity index (χ0n) is 9.94. The number of carboxylic acids is 1. The molecule has 1 N–H and O–H groups in total. The summed E-state index contributed by atoms with van der Waals surface area (Å²) >= 11 is 0. The number of hydrogen-bond acceptors (Lipinski definition) is 4. The molecule has 0 spiro atoms. The lowest BCUT2D eigenvalue weighted by Gasteiger charge is -2.25. The lowest BCUT2D eigenvalue weighted by atomic mass is 10.0. The Balaban J connectivity index is 3.28. The molecule has 0 aromatic carbocycles. The highest BCUT2D eigenvalue weighted by molar-refractivity contribution is 5.85. The standard InChI is InChI=1S/C11H16N2O3/c1-5-11(3,16-4)10-12-7(2)6-8(13-10)9(14)15/h6H,5H2,1-4H3,(H,14,15). The molecule has 1 unspecified atom stereocenters. The van der Waals surface area contributed by atoms with Gasteiger partial charge in [-0.3, -0.25) is 0 Å². The van der Waals surface area contributed by atoms with Crippen molar-refractivity contribution in [3.63, 3.8) is 0 Å². The first kappa shape index (κ1) is 12.6. The van der Waals surface area contributed by atoms with Gasteiger partial charge in [-0.1, -0.05) is 6.92 Å². The normalized spacial score (nSPS) is 14.5. The number of aryl methyl sites for hydroxylation is 1. The average Bonchev–Trinajstić information content (AvgIpc) is 2.27. The van der Waals surface area contributed by atoms with E-state index in [2.05, 4.69) is 9.97 Å². The molecule has 0 aliphatic rings. The van der Waals surface area contributed by atoms with Crippen LogP contribution in [0.1, 0.15) is 42.3 Å². The van der Waals surface area contributed by atoms with Crippen molar-refractivity contribution in [1.29, 1.82) is 0 Å². The Bertz CT molecular complexity index is 400. The smallest absolute Gasteiger partial charge is 0.354 e. The fourth-order valence-corrected chi connectivity index (χ4v) is 1.31. The van der Waals surface area contributed by atoms with Gasteiger partial charge in [-0.05, 0) is 26.3 Å². The summed E-state index contributed by atoms with van der Waals surface area (Å²) < 4.78 is 5.34. The van der Waals surface area contributed by atoms with Gasteiger partial charge >= 0.3 is 5.97 Å². The van der Waals surface area contributed by atoms with Gasteiger partial charge in [0.25, 0.3) is 0 Å². The van der Waals surface area contributed by atoms with Gasteiger partial charge in [-0.15, -0.1) is 0 Å². The maximum Gasteiger partial charge on any atom is 0.354 e. The first-order valence-electron chi connectivity index (χ1n) is 5.07. The van der Waals surface area contributed by atoms with Crippen LogP contribution in [0.5, 0.6) is 0 Å². The molecule has 1 atom stereocenters. The van der Waals surface area contributed by atoms with Gasteiger partial charge in [-0.2, -0.15) is 0 Å². The molecule has 0 aliphatic heterocycles. The largest absolute Gasteiger partial charge is 0.477 e. The lowest BCUT2D eigenvalue weighted by molar-refractivity contribution is -0.00931. The summed E-state index contributed by atoms with van der Waals surface area (Å²) in [5, 5.41) is 8.91. The minimum absolute atomic E-state index is 0.000718. The molecule has 1 aromatic rings. The minimum Gasteiger partial charge on any atom is -0.477 e. The van der Waals surface area contributed by atoms with Crippen molar-refractivity contribution in [2.75, 3.05) is 7.11 Å². The zero-order chi connectivity index (χ0) is 12.3. The number of nitrogens with zero attached hydrogens (tertiary/aromatic N) is 2. The number of methoxy groups -OCH3 is 1. The van der Waals surface area contributed by atoms with Crippen molar-refractivity contribution < 1.29 is 14.6 Å². The van der Waals surface area contributed by atoms with Gasteiger partial charge in [0, 0.05) is 12.8 Å². The van der Waals surface area contributed by atoms with E-state index in [9.17, 15) is 4.79 Å². The Morgan fingerprint density at radius 1 is 1.56 bits per heavy atom. The van der Waals surface area contributed by atoms with Crippen molar-refractivity contribution in [3.05, 3.63) is 23.3 Å². The fourth-order valence-electron chi connectivity index (χ4n) is 1.31. The second-order valence-electron chi connectivity index (χ2n) is 3.81. The van der Waals surface area contributed by atoms with Crippen LogP contribution in [-0.2, 0) is 10.3 Å². The monoisotopic (exact) mass is 224 g/mol. The third-order valence-electron chi connectivity index (χ3n) is 2.67. The summed E-state index contributed by atoms with van der Waals surface area (Å²) in [4.78, 5) is 19.1. The van der Waals surface area contributed by atoms with Gasteiger partial charge in [0.1, 0.15) is 5.60 Å². The van der Waals surface area contributed by atoms with E-state index in [1.54, 1.807) is 14.0 Å². The maximum atomic E-state index is 10.9. The van der Waals surface area contributed by atoms with Crippen LogP contribution >= 0.6 is 0 Å². The van der Waals surface area contributed by atoms with Gasteiger partial charge in [0.15, 0.2) is 11.5 Å². The number of aromatic nitrogens is 2. The van der Waals surface area contributed by atoms with E-state index in [4.69, 9.17) is 9.84 Å². The van der Waals surface area contributed by atoms with Gasteiger partial charge in [0.05, 0.1) is 0 Å². The first-order chi connectivity index (χ1) is 7.42. The Kier molecular flexibility index (Phi) is 3.59. The quantitative estimate of drug-likeness (QED) is 0.843. The topological polar surface area (TPSA) is 72.3 Å². The van der Waals surface area contributed by atoms with Gasteiger partial charge in [0.2, 0.25) is 0 Å². The SMILES string of the molecule is CCC(C)(OC)c1nc(C)cc(C(=O)O)n1. The van der Waals surface area contributed by atoms with E-state index in [-0.39, 0.29) is 5.69 Å². The van der Waals surface area contributed by atoms with Crippen LogP contribution in [0.4, 0.5) is 0 Å². The van der Waals surface area contributed by atoms with Crippen molar-refractivity contribution in [2.24, 2.45) is 0 Å². The molecule has 5 nitrogen and oxygen atoms in total. The molecular formula is C11H16N2O3. The van der Waals surface area contributed by atoms with E-state index in [1.165, 1.54) is 6.07 Å². The van der Waals surface area contributed by atoms with E-state index in [0.29, 0.717) is 17.9 Å². The van der Waals surface area contributed by atoms with Gasteiger partial charge < -0.3 is 9.84 Å². The van der Waals surface area contributed by atoms with Crippen molar-refractivity contribution in [3.8, 4) is 0 Å². The van der Waals surface area contributed by atoms with Crippen LogP contribution in [0.15, 0.2) is 6.07 Å². The summed E-state index contributed by atoms with van der Waals surface area (Å²) in [6.07, 6.45) is 0.673. The molecule has 0 fully saturated rings. The first-order valence-corrected chi connectivity index (χ1v) is 5.07. The molecule has 0 radical (unpaired) electrons. The second kappa shape index (κ2) is 4.57. The Morgan fingerprint density at radius 3 is 2.62 bits per heavy atom. The maximum absolute atomic E-state index is 10.9. The van der Waals surface area contributed by atoms with Crippen LogP contribution in [0.2, 0.25) is 0 Å². The van der Waals surface area contributed by atoms with E-state index >= 15 is 0 Å². The highest BCUT2D eigenvalue weighted by Gasteiger charge is 2.28. The molecule has 1 heterocycles. The van der Waals surface area contributed by atoms with E-state index in [0.717, 1.165) is 0 Å². The molecule has 5 heteroatoms. The number of carbonyl (C=O) groups is 1. The summed E-state index contributed by atoms with van der Waals surface area (Å²) in [5.74, 6) is -0.642. The number of ether oxygens (including phenoxy) is 1. The number of carboxylic acid groups (broad SMARTS) is 1. The highest BCUT2D eigenvalue weighted by atomic mass is 16.5. The predicted molar refractivity (Wildman–Crippen MR) is 58.4 cm³/mol. The molecule has 1 aromatic heterocycles. The summed E-state index contributed by atoms with van der Waals surface area (Å²) in [5.41, 5.74) is -0.0192. The van der Waals surface area contributed by atoms with Crippen LogP contribution in [0.25, 0.3) is 0 Å². The molecule has 0 bridgehead atoms. The molecule has 88 valence electrons. The van der Waals surface area contributed by atoms with Crippen molar-refractivity contribution >= 4 is 5.97 Å². The van der Waals surface area contributed by atoms with E-state index < -0.39 is 11.6 Å². The molecule has 0 saturated carbocycles. The predicted octanol–water partition coefficient (Wildman–Crippen LogP) is 1.75. The fraction of sp³-hybridized carbons (Fsp3) is 0.545. The van der Waals surface area contributed by atoms with Crippen molar-refractivity contribution in [2.45, 2.75) is 32.8 Å². The number of aromatic carboxylic acids is 1. The van der Waals surface area contributed by atoms with E-state index in [1.807, 2.05) is 13.8 Å². The zero-order valence-corrected chi connectivity index (χ0v) is 9.94. The Hall–Kier alpha value is -1.49. The third kappa shape index (κ3) is 2.36. The van der Waals surface area contributed by atoms with Crippen LogP contribution in [0, 0.1) is 6.92 Å². The molecule has 0 saturated heterocycles. The molecule has 16 heavy (non-hydrogen) atoms.